The first-order chi connectivity index (χ1) is 8.65. The predicted octanol–water partition coefficient (Wildman–Crippen LogP) is 2.94. The monoisotopic (exact) mass is 246 g/mol. The molecule has 1 heterocycles. The highest BCUT2D eigenvalue weighted by Crippen LogP contribution is 2.39. The molecule has 0 spiro atoms. The van der Waals surface area contributed by atoms with Crippen molar-refractivity contribution in [1.29, 1.82) is 0 Å². The molecule has 2 aromatic rings. The van der Waals surface area contributed by atoms with Crippen LogP contribution in [0.5, 0.6) is 0 Å². The molecule has 18 heavy (non-hydrogen) atoms. The van der Waals surface area contributed by atoms with Crippen LogP contribution in [0.3, 0.4) is 0 Å². The summed E-state index contributed by atoms with van der Waals surface area (Å²) in [6, 6.07) is 6.68. The van der Waals surface area contributed by atoms with Gasteiger partial charge in [-0.1, -0.05) is 6.07 Å². The maximum atomic E-state index is 14.0. The van der Waals surface area contributed by atoms with Crippen molar-refractivity contribution in [2.75, 3.05) is 0 Å². The Labute approximate surface area is 105 Å². The number of halogens is 1. The molecular weight excluding hydrogens is 231 g/mol. The van der Waals surface area contributed by atoms with Gasteiger partial charge in [0.05, 0.1) is 11.8 Å². The Kier molecular flexibility index (Phi) is 2.67. The Bertz CT molecular complexity index is 573. The highest BCUT2D eigenvalue weighted by molar-refractivity contribution is 5.37. The van der Waals surface area contributed by atoms with Crippen LogP contribution in [0.2, 0.25) is 0 Å². The maximum absolute atomic E-state index is 14.0. The average Bonchev–Trinajstić information content (AvgIpc) is 3.08. The van der Waals surface area contributed by atoms with Crippen LogP contribution >= 0.6 is 0 Å². The minimum atomic E-state index is -0.659. The van der Waals surface area contributed by atoms with E-state index in [-0.39, 0.29) is 5.82 Å². The van der Waals surface area contributed by atoms with Gasteiger partial charge in [0.1, 0.15) is 11.5 Å². The van der Waals surface area contributed by atoms with Gasteiger partial charge in [-0.05, 0) is 43.5 Å². The second-order valence-corrected chi connectivity index (χ2v) is 4.85. The van der Waals surface area contributed by atoms with E-state index >= 15 is 0 Å². The van der Waals surface area contributed by atoms with Crippen LogP contribution in [0.4, 0.5) is 4.39 Å². The van der Waals surface area contributed by atoms with E-state index in [1.807, 2.05) is 6.07 Å². The Morgan fingerprint density at radius 2 is 2.17 bits per heavy atom. The minimum Gasteiger partial charge on any atom is -0.389 e. The van der Waals surface area contributed by atoms with Crippen molar-refractivity contribution in [3.63, 3.8) is 0 Å². The predicted molar refractivity (Wildman–Crippen MR) is 66.1 cm³/mol. The average molecular weight is 246 g/mol. The molecular formula is C14H15FN2O. The SMILES string of the molecule is C[C@@H](O)c1ccc(-n2ccc(C3CC3)n2)c(F)c1. The van der Waals surface area contributed by atoms with Crippen LogP contribution in [0.1, 0.15) is 43.0 Å². The number of nitrogens with zero attached hydrogens (tertiary/aromatic N) is 2. The topological polar surface area (TPSA) is 38.0 Å². The quantitative estimate of drug-likeness (QED) is 0.904. The molecule has 0 radical (unpaired) electrons. The van der Waals surface area contributed by atoms with E-state index in [9.17, 15) is 9.50 Å². The van der Waals surface area contributed by atoms with Gasteiger partial charge >= 0.3 is 0 Å². The number of aliphatic hydroxyl groups is 1. The molecule has 94 valence electrons. The number of aromatic nitrogens is 2. The highest BCUT2D eigenvalue weighted by atomic mass is 19.1. The summed E-state index contributed by atoms with van der Waals surface area (Å²) in [6.07, 6.45) is 3.49. The molecule has 1 aliphatic carbocycles. The summed E-state index contributed by atoms with van der Waals surface area (Å²) < 4.78 is 15.5. The largest absolute Gasteiger partial charge is 0.389 e. The van der Waals surface area contributed by atoms with Crippen LogP contribution in [0.25, 0.3) is 5.69 Å². The van der Waals surface area contributed by atoms with Crippen LogP contribution in [-0.2, 0) is 0 Å². The molecule has 1 saturated carbocycles. The van der Waals surface area contributed by atoms with E-state index in [1.165, 1.54) is 18.9 Å². The van der Waals surface area contributed by atoms with Gasteiger partial charge in [-0.2, -0.15) is 5.10 Å². The first-order valence-corrected chi connectivity index (χ1v) is 6.18. The summed E-state index contributed by atoms with van der Waals surface area (Å²) >= 11 is 0. The third-order valence-electron chi connectivity index (χ3n) is 3.31. The van der Waals surface area contributed by atoms with Crippen molar-refractivity contribution in [2.24, 2.45) is 0 Å². The number of rotatable bonds is 3. The normalized spacial score (nSPS) is 16.8. The standard InChI is InChI=1S/C14H15FN2O/c1-9(18)11-4-5-14(12(15)8-11)17-7-6-13(16-17)10-2-3-10/h4-10,18H,2-3H2,1H3/t9-/m1/s1. The molecule has 0 aliphatic heterocycles. The molecule has 0 saturated heterocycles. The molecule has 1 fully saturated rings. The second-order valence-electron chi connectivity index (χ2n) is 4.85. The van der Waals surface area contributed by atoms with E-state index in [0.29, 0.717) is 17.2 Å². The molecule has 0 amide bonds. The van der Waals surface area contributed by atoms with Gasteiger partial charge in [0.15, 0.2) is 0 Å². The van der Waals surface area contributed by atoms with Gasteiger partial charge in [-0.25, -0.2) is 9.07 Å². The molecule has 0 bridgehead atoms. The lowest BCUT2D eigenvalue weighted by molar-refractivity contribution is 0.199. The maximum Gasteiger partial charge on any atom is 0.149 e. The fraction of sp³-hybridized carbons (Fsp3) is 0.357. The summed E-state index contributed by atoms with van der Waals surface area (Å²) in [5.41, 5.74) is 2.03. The van der Waals surface area contributed by atoms with E-state index in [1.54, 1.807) is 29.9 Å². The van der Waals surface area contributed by atoms with Gasteiger partial charge in [-0.15, -0.1) is 0 Å². The van der Waals surface area contributed by atoms with Crippen molar-refractivity contribution in [3.8, 4) is 5.69 Å². The number of hydrogen-bond acceptors (Lipinski definition) is 2. The summed E-state index contributed by atoms with van der Waals surface area (Å²) in [4.78, 5) is 0. The summed E-state index contributed by atoms with van der Waals surface area (Å²) in [5.74, 6) is 0.199. The summed E-state index contributed by atoms with van der Waals surface area (Å²) in [5, 5.41) is 13.8. The lowest BCUT2D eigenvalue weighted by Gasteiger charge is -2.08. The smallest absolute Gasteiger partial charge is 0.149 e. The van der Waals surface area contributed by atoms with Gasteiger partial charge in [0, 0.05) is 12.1 Å². The Hall–Kier alpha value is -1.68. The van der Waals surface area contributed by atoms with Gasteiger partial charge in [0.25, 0.3) is 0 Å². The summed E-state index contributed by atoms with van der Waals surface area (Å²) in [7, 11) is 0. The third-order valence-corrected chi connectivity index (χ3v) is 3.31. The Balaban J connectivity index is 1.94. The van der Waals surface area contributed by atoms with Crippen molar-refractivity contribution in [3.05, 3.63) is 47.5 Å². The van der Waals surface area contributed by atoms with Gasteiger partial charge < -0.3 is 5.11 Å². The van der Waals surface area contributed by atoms with Gasteiger partial charge in [0.2, 0.25) is 0 Å². The molecule has 1 aliphatic rings. The number of benzene rings is 1. The Morgan fingerprint density at radius 1 is 1.39 bits per heavy atom. The number of aliphatic hydroxyl groups excluding tert-OH is 1. The third kappa shape index (κ3) is 2.04. The van der Waals surface area contributed by atoms with Crippen LogP contribution in [-0.4, -0.2) is 14.9 Å². The zero-order valence-electron chi connectivity index (χ0n) is 10.2. The summed E-state index contributed by atoms with van der Waals surface area (Å²) in [6.45, 7) is 1.62. The lowest BCUT2D eigenvalue weighted by Crippen LogP contribution is -2.01. The molecule has 3 rings (SSSR count). The molecule has 4 heteroatoms. The van der Waals surface area contributed by atoms with Crippen molar-refractivity contribution in [2.45, 2.75) is 31.8 Å². The zero-order valence-corrected chi connectivity index (χ0v) is 10.2. The van der Waals surface area contributed by atoms with Crippen molar-refractivity contribution in [1.82, 2.24) is 9.78 Å². The van der Waals surface area contributed by atoms with E-state index in [4.69, 9.17) is 0 Å². The first kappa shape index (κ1) is 11.4. The van der Waals surface area contributed by atoms with Crippen LogP contribution in [0, 0.1) is 5.82 Å². The van der Waals surface area contributed by atoms with Crippen molar-refractivity contribution >= 4 is 0 Å². The fourth-order valence-electron chi connectivity index (χ4n) is 2.04. The lowest BCUT2D eigenvalue weighted by atomic mass is 10.1. The molecule has 1 N–H and O–H groups in total. The molecule has 1 atom stereocenters. The molecule has 3 nitrogen and oxygen atoms in total. The molecule has 1 aromatic carbocycles. The zero-order chi connectivity index (χ0) is 12.7. The van der Waals surface area contributed by atoms with E-state index < -0.39 is 6.10 Å². The van der Waals surface area contributed by atoms with E-state index in [2.05, 4.69) is 5.10 Å². The fourth-order valence-corrected chi connectivity index (χ4v) is 2.04. The highest BCUT2D eigenvalue weighted by Gasteiger charge is 2.26. The van der Waals surface area contributed by atoms with Crippen LogP contribution in [0.15, 0.2) is 30.5 Å². The Morgan fingerprint density at radius 3 is 2.78 bits per heavy atom. The molecule has 0 unspecified atom stereocenters. The minimum absolute atomic E-state index is 0.362. The number of hydrogen-bond donors (Lipinski definition) is 1. The van der Waals surface area contributed by atoms with Crippen molar-refractivity contribution < 1.29 is 9.50 Å². The first-order valence-electron chi connectivity index (χ1n) is 6.18. The molecule has 1 aromatic heterocycles. The van der Waals surface area contributed by atoms with E-state index in [0.717, 1.165) is 5.69 Å². The van der Waals surface area contributed by atoms with Crippen LogP contribution < -0.4 is 0 Å². The second kappa shape index (κ2) is 4.21. The van der Waals surface area contributed by atoms with Gasteiger partial charge in [-0.3, -0.25) is 0 Å².